The third kappa shape index (κ3) is 4.90. The molecule has 0 spiro atoms. The summed E-state index contributed by atoms with van der Waals surface area (Å²) in [5, 5.41) is 14.0. The molecule has 0 radical (unpaired) electrons. The first-order chi connectivity index (χ1) is 9.47. The zero-order chi connectivity index (χ0) is 15.1. The van der Waals surface area contributed by atoms with Crippen LogP contribution in [0, 0.1) is 5.82 Å². The van der Waals surface area contributed by atoms with E-state index in [4.69, 9.17) is 5.11 Å². The first-order valence-corrected chi connectivity index (χ1v) is 7.85. The van der Waals surface area contributed by atoms with Gasteiger partial charge in [0.05, 0.1) is 15.7 Å². The van der Waals surface area contributed by atoms with Gasteiger partial charge in [-0.25, -0.2) is 9.18 Å². The topological polar surface area (TPSA) is 78.4 Å². The number of urea groups is 1. The molecule has 0 fully saturated rings. The maximum absolute atomic E-state index is 13.6. The molecular formula is C13H19FN2O3S. The summed E-state index contributed by atoms with van der Waals surface area (Å²) in [5.74, 6) is -0.619. The molecule has 5 nitrogen and oxygen atoms in total. The molecule has 0 aromatic heterocycles. The molecule has 7 heteroatoms. The van der Waals surface area contributed by atoms with Crippen LogP contribution in [0.4, 0.5) is 14.9 Å². The van der Waals surface area contributed by atoms with E-state index < -0.39 is 22.6 Å². The van der Waals surface area contributed by atoms with Gasteiger partial charge in [-0.15, -0.1) is 0 Å². The number of carbonyl (C=O) groups is 1. The van der Waals surface area contributed by atoms with Gasteiger partial charge in [-0.3, -0.25) is 4.21 Å². The summed E-state index contributed by atoms with van der Waals surface area (Å²) in [6.07, 6.45) is 2.54. The van der Waals surface area contributed by atoms with Gasteiger partial charge in [0.15, 0.2) is 0 Å². The zero-order valence-electron chi connectivity index (χ0n) is 11.5. The van der Waals surface area contributed by atoms with Crippen molar-refractivity contribution >= 4 is 22.5 Å². The SMILES string of the molecule is CCC(CCO)NC(=O)Nc1ccc(S(C)=O)c(F)c1. The molecule has 1 aromatic rings. The Balaban J connectivity index is 2.66. The van der Waals surface area contributed by atoms with Crippen LogP contribution in [0.3, 0.4) is 0 Å². The summed E-state index contributed by atoms with van der Waals surface area (Å²) >= 11 is 0. The van der Waals surface area contributed by atoms with Crippen LogP contribution in [-0.2, 0) is 10.8 Å². The first-order valence-electron chi connectivity index (χ1n) is 6.29. The van der Waals surface area contributed by atoms with Crippen LogP contribution in [0.2, 0.25) is 0 Å². The Labute approximate surface area is 120 Å². The van der Waals surface area contributed by atoms with Crippen LogP contribution in [0.25, 0.3) is 0 Å². The summed E-state index contributed by atoms with van der Waals surface area (Å²) in [6.45, 7) is 1.88. The summed E-state index contributed by atoms with van der Waals surface area (Å²) in [4.78, 5) is 11.8. The molecule has 1 rings (SSSR count). The molecular weight excluding hydrogens is 283 g/mol. The van der Waals surface area contributed by atoms with E-state index in [1.807, 2.05) is 6.92 Å². The second-order valence-corrected chi connectivity index (χ2v) is 5.66. The highest BCUT2D eigenvalue weighted by Crippen LogP contribution is 2.17. The van der Waals surface area contributed by atoms with Crippen molar-refractivity contribution in [2.45, 2.75) is 30.7 Å². The van der Waals surface area contributed by atoms with Crippen molar-refractivity contribution in [2.75, 3.05) is 18.2 Å². The molecule has 2 unspecified atom stereocenters. The number of amides is 2. The molecule has 3 N–H and O–H groups in total. The summed E-state index contributed by atoms with van der Waals surface area (Å²) < 4.78 is 24.8. The highest BCUT2D eigenvalue weighted by atomic mass is 32.2. The predicted octanol–water partition coefficient (Wildman–Crippen LogP) is 1.85. The van der Waals surface area contributed by atoms with E-state index in [9.17, 15) is 13.4 Å². The lowest BCUT2D eigenvalue weighted by molar-refractivity contribution is 0.237. The normalized spacial score (nSPS) is 13.6. The van der Waals surface area contributed by atoms with Crippen molar-refractivity contribution in [3.05, 3.63) is 24.0 Å². The van der Waals surface area contributed by atoms with Crippen molar-refractivity contribution in [2.24, 2.45) is 0 Å². The van der Waals surface area contributed by atoms with E-state index in [1.165, 1.54) is 18.4 Å². The number of hydrogen-bond donors (Lipinski definition) is 3. The van der Waals surface area contributed by atoms with Crippen LogP contribution in [0.5, 0.6) is 0 Å². The van der Waals surface area contributed by atoms with Gasteiger partial charge in [-0.2, -0.15) is 0 Å². The number of halogens is 1. The Morgan fingerprint density at radius 3 is 2.70 bits per heavy atom. The number of aliphatic hydroxyl groups is 1. The van der Waals surface area contributed by atoms with Crippen molar-refractivity contribution < 1.29 is 18.5 Å². The lowest BCUT2D eigenvalue weighted by Crippen LogP contribution is -2.38. The summed E-state index contributed by atoms with van der Waals surface area (Å²) in [5.41, 5.74) is 0.285. The fraction of sp³-hybridized carbons (Fsp3) is 0.462. The number of rotatable bonds is 6. The molecule has 1 aromatic carbocycles. The van der Waals surface area contributed by atoms with Crippen molar-refractivity contribution in [1.82, 2.24) is 5.32 Å². The molecule has 112 valence electrons. The minimum atomic E-state index is -1.41. The van der Waals surface area contributed by atoms with Crippen molar-refractivity contribution in [1.29, 1.82) is 0 Å². The molecule has 2 amide bonds. The number of carbonyl (C=O) groups excluding carboxylic acids is 1. The molecule has 0 heterocycles. The van der Waals surface area contributed by atoms with Gasteiger partial charge in [-0.05, 0) is 31.0 Å². The van der Waals surface area contributed by atoms with Crippen LogP contribution >= 0.6 is 0 Å². The van der Waals surface area contributed by atoms with E-state index in [2.05, 4.69) is 10.6 Å². The zero-order valence-corrected chi connectivity index (χ0v) is 12.3. The molecule has 2 atom stereocenters. The molecule has 0 aliphatic carbocycles. The highest BCUT2D eigenvalue weighted by Gasteiger charge is 2.11. The largest absolute Gasteiger partial charge is 0.396 e. The van der Waals surface area contributed by atoms with E-state index >= 15 is 0 Å². The second kappa shape index (κ2) is 7.96. The lowest BCUT2D eigenvalue weighted by atomic mass is 10.2. The molecule has 0 aliphatic rings. The average Bonchev–Trinajstić information content (AvgIpc) is 2.37. The van der Waals surface area contributed by atoms with Crippen LogP contribution in [0.15, 0.2) is 23.1 Å². The van der Waals surface area contributed by atoms with Gasteiger partial charge in [0.1, 0.15) is 5.82 Å². The number of anilines is 1. The Morgan fingerprint density at radius 2 is 2.20 bits per heavy atom. The highest BCUT2D eigenvalue weighted by molar-refractivity contribution is 7.84. The van der Waals surface area contributed by atoms with Gasteiger partial charge in [0.2, 0.25) is 0 Å². The second-order valence-electron chi connectivity index (χ2n) is 4.32. The summed E-state index contributed by atoms with van der Waals surface area (Å²) in [6, 6.07) is 3.41. The van der Waals surface area contributed by atoms with Gasteiger partial charge in [0.25, 0.3) is 0 Å². The van der Waals surface area contributed by atoms with Gasteiger partial charge >= 0.3 is 6.03 Å². The molecule has 0 aliphatic heterocycles. The standard InChI is InChI=1S/C13H19FN2O3S/c1-3-9(6-7-17)15-13(18)16-10-4-5-12(20(2)19)11(14)8-10/h4-5,8-9,17H,3,6-7H2,1-2H3,(H2,15,16,18). The minimum Gasteiger partial charge on any atom is -0.396 e. The lowest BCUT2D eigenvalue weighted by Gasteiger charge is -2.16. The fourth-order valence-corrected chi connectivity index (χ4v) is 2.29. The number of benzene rings is 1. The number of nitrogens with one attached hydrogen (secondary N) is 2. The smallest absolute Gasteiger partial charge is 0.319 e. The molecule has 0 bridgehead atoms. The Hall–Kier alpha value is -1.47. The monoisotopic (exact) mass is 302 g/mol. The molecule has 0 saturated carbocycles. The van der Waals surface area contributed by atoms with E-state index in [1.54, 1.807) is 0 Å². The maximum atomic E-state index is 13.6. The van der Waals surface area contributed by atoms with Gasteiger partial charge in [-0.1, -0.05) is 6.92 Å². The predicted molar refractivity (Wildman–Crippen MR) is 76.7 cm³/mol. The van der Waals surface area contributed by atoms with Gasteiger partial charge in [0, 0.05) is 24.6 Å². The Bertz CT molecular complexity index is 497. The number of hydrogen-bond acceptors (Lipinski definition) is 3. The molecule has 0 saturated heterocycles. The van der Waals surface area contributed by atoms with E-state index in [-0.39, 0.29) is 23.2 Å². The Morgan fingerprint density at radius 1 is 1.50 bits per heavy atom. The third-order valence-electron chi connectivity index (χ3n) is 2.81. The molecule has 20 heavy (non-hydrogen) atoms. The van der Waals surface area contributed by atoms with Crippen molar-refractivity contribution in [3.63, 3.8) is 0 Å². The number of aliphatic hydroxyl groups excluding tert-OH is 1. The van der Waals surface area contributed by atoms with E-state index in [0.29, 0.717) is 12.8 Å². The van der Waals surface area contributed by atoms with E-state index in [0.717, 1.165) is 6.07 Å². The van der Waals surface area contributed by atoms with Crippen LogP contribution in [-0.4, -0.2) is 34.3 Å². The summed E-state index contributed by atoms with van der Waals surface area (Å²) in [7, 11) is -1.41. The average molecular weight is 302 g/mol. The van der Waals surface area contributed by atoms with Gasteiger partial charge < -0.3 is 15.7 Å². The fourth-order valence-electron chi connectivity index (χ4n) is 1.70. The Kier molecular flexibility index (Phi) is 6.60. The van der Waals surface area contributed by atoms with Crippen LogP contribution < -0.4 is 10.6 Å². The third-order valence-corrected chi connectivity index (χ3v) is 3.76. The minimum absolute atomic E-state index is 0.00950. The van der Waals surface area contributed by atoms with Crippen molar-refractivity contribution in [3.8, 4) is 0 Å². The first kappa shape index (κ1) is 16.6. The maximum Gasteiger partial charge on any atom is 0.319 e. The quantitative estimate of drug-likeness (QED) is 0.750. The van der Waals surface area contributed by atoms with Crippen LogP contribution in [0.1, 0.15) is 19.8 Å².